The number of imide groups is 1. The minimum atomic E-state index is -1.43. The third-order valence-corrected chi connectivity index (χ3v) is 9.19. The molecule has 5 heterocycles. The van der Waals surface area contributed by atoms with Gasteiger partial charge in [-0.1, -0.05) is 35.9 Å². The van der Waals surface area contributed by atoms with Gasteiger partial charge < -0.3 is 19.8 Å². The topological polar surface area (TPSA) is 113 Å². The van der Waals surface area contributed by atoms with Gasteiger partial charge in [-0.15, -0.1) is 0 Å². The monoisotopic (exact) mass is 568 g/mol. The van der Waals surface area contributed by atoms with Gasteiger partial charge in [-0.25, -0.2) is 0 Å². The molecular weight excluding hydrogens is 544 g/mol. The second kappa shape index (κ2) is 8.58. The van der Waals surface area contributed by atoms with Gasteiger partial charge in [0.15, 0.2) is 11.5 Å². The Labute approximate surface area is 239 Å². The maximum Gasteiger partial charge on any atom is 0.250 e. The molecule has 1 spiro atoms. The summed E-state index contributed by atoms with van der Waals surface area (Å²) in [7, 11) is 0. The van der Waals surface area contributed by atoms with Gasteiger partial charge in [0.05, 0.1) is 18.4 Å². The third kappa shape index (κ3) is 3.36. The van der Waals surface area contributed by atoms with E-state index in [0.717, 1.165) is 27.6 Å². The van der Waals surface area contributed by atoms with Crippen molar-refractivity contribution in [2.45, 2.75) is 31.5 Å². The smallest absolute Gasteiger partial charge is 0.250 e. The van der Waals surface area contributed by atoms with Gasteiger partial charge in [-0.2, -0.15) is 0 Å². The quantitative estimate of drug-likeness (QED) is 0.321. The fraction of sp³-hybridized carbons (Fsp3) is 0.258. The van der Waals surface area contributed by atoms with Crippen LogP contribution in [0, 0.1) is 18.8 Å². The van der Waals surface area contributed by atoms with Crippen LogP contribution < -0.4 is 20.1 Å². The van der Waals surface area contributed by atoms with E-state index < -0.39 is 23.4 Å². The van der Waals surface area contributed by atoms with E-state index in [1.807, 2.05) is 43.5 Å². The molecule has 41 heavy (non-hydrogen) atoms. The summed E-state index contributed by atoms with van der Waals surface area (Å²) < 4.78 is 10.9. The zero-order valence-electron chi connectivity index (χ0n) is 22.0. The van der Waals surface area contributed by atoms with Gasteiger partial charge in [0.1, 0.15) is 5.54 Å². The zero-order chi connectivity index (χ0) is 28.0. The highest BCUT2D eigenvalue weighted by atomic mass is 35.5. The number of fused-ring (bicyclic) bond motifs is 6. The van der Waals surface area contributed by atoms with Crippen molar-refractivity contribution in [3.63, 3.8) is 0 Å². The molecule has 3 N–H and O–H groups in total. The highest BCUT2D eigenvalue weighted by Crippen LogP contribution is 2.54. The first-order valence-electron chi connectivity index (χ1n) is 13.5. The first-order chi connectivity index (χ1) is 19.8. The van der Waals surface area contributed by atoms with E-state index in [9.17, 15) is 14.4 Å². The first-order valence-corrected chi connectivity index (χ1v) is 13.9. The van der Waals surface area contributed by atoms with Crippen LogP contribution in [0.3, 0.4) is 0 Å². The molecule has 10 heteroatoms. The van der Waals surface area contributed by atoms with Crippen LogP contribution >= 0.6 is 11.6 Å². The molecule has 0 saturated carbocycles. The normalized spacial score (nSPS) is 25.9. The lowest BCUT2D eigenvalue weighted by Gasteiger charge is -2.29. The number of aromatic nitrogens is 1. The number of carbonyl (C=O) groups excluding carboxylic acids is 3. The minimum absolute atomic E-state index is 0.0697. The van der Waals surface area contributed by atoms with Crippen LogP contribution in [0.15, 0.2) is 60.8 Å². The summed E-state index contributed by atoms with van der Waals surface area (Å²) in [6, 6.07) is 16.4. The fourth-order valence-electron chi connectivity index (χ4n) is 7.18. The summed E-state index contributed by atoms with van der Waals surface area (Å²) >= 11 is 6.49. The predicted octanol–water partition coefficient (Wildman–Crippen LogP) is 4.02. The lowest BCUT2D eigenvalue weighted by atomic mass is 9.76. The lowest BCUT2D eigenvalue weighted by molar-refractivity contribution is -0.143. The van der Waals surface area contributed by atoms with Crippen molar-refractivity contribution in [3.8, 4) is 11.5 Å². The number of anilines is 1. The molecule has 4 aliphatic rings. The summed E-state index contributed by atoms with van der Waals surface area (Å²) in [4.78, 5) is 47.0. The Hall–Kier alpha value is -4.34. The number of hydrogen-bond donors (Lipinski definition) is 3. The van der Waals surface area contributed by atoms with Gasteiger partial charge >= 0.3 is 0 Å². The molecule has 4 aromatic rings. The number of para-hydroxylation sites is 1. The Balaban J connectivity index is 1.23. The van der Waals surface area contributed by atoms with Crippen LogP contribution in [0.5, 0.6) is 11.5 Å². The number of aryl methyl sites for hydroxylation is 1. The summed E-state index contributed by atoms with van der Waals surface area (Å²) in [5.41, 5.74) is 3.33. The van der Waals surface area contributed by atoms with E-state index in [1.54, 1.807) is 24.3 Å². The summed E-state index contributed by atoms with van der Waals surface area (Å²) in [6.07, 6.45) is 2.38. The standard InChI is InChI=1S/C31H25ClN4O5/c1-15-8-18(32)11-20-27(15)34-30(39)31(20)26-25(22(35-31)10-17-12-33-21-5-3-2-4-19(17)21)28(37)36(29(26)38)13-16-6-7-23-24(9-16)41-14-40-23/h2-9,11-12,22,25-26,33,35H,10,13-14H2,1H3,(H,34,39)/t22-,25-,26-,31-/m1/s1. The van der Waals surface area contributed by atoms with E-state index in [2.05, 4.69) is 15.6 Å². The van der Waals surface area contributed by atoms with Gasteiger partial charge in [-0.05, 0) is 60.4 Å². The van der Waals surface area contributed by atoms with E-state index >= 15 is 0 Å². The molecule has 0 aliphatic carbocycles. The minimum Gasteiger partial charge on any atom is -0.454 e. The van der Waals surface area contributed by atoms with Gasteiger partial charge in [0.2, 0.25) is 24.5 Å². The highest BCUT2D eigenvalue weighted by Gasteiger charge is 2.70. The Morgan fingerprint density at radius 3 is 2.73 bits per heavy atom. The van der Waals surface area contributed by atoms with Gasteiger partial charge in [-0.3, -0.25) is 24.6 Å². The number of nitrogens with one attached hydrogen (secondary N) is 3. The van der Waals surface area contributed by atoms with Crippen molar-refractivity contribution >= 4 is 45.9 Å². The number of ether oxygens (including phenoxy) is 2. The molecule has 2 fully saturated rings. The summed E-state index contributed by atoms with van der Waals surface area (Å²) in [6.45, 7) is 2.07. The molecule has 4 atom stereocenters. The fourth-order valence-corrected chi connectivity index (χ4v) is 7.46. The van der Waals surface area contributed by atoms with Crippen LogP contribution in [0.2, 0.25) is 5.02 Å². The van der Waals surface area contributed by atoms with Crippen LogP contribution in [-0.2, 0) is 32.9 Å². The third-order valence-electron chi connectivity index (χ3n) is 8.97. The molecule has 2 saturated heterocycles. The number of H-pyrrole nitrogens is 1. The molecule has 0 unspecified atom stereocenters. The van der Waals surface area contributed by atoms with E-state index in [0.29, 0.717) is 34.2 Å². The van der Waals surface area contributed by atoms with Crippen molar-refractivity contribution in [2.75, 3.05) is 12.1 Å². The van der Waals surface area contributed by atoms with Crippen LogP contribution in [-0.4, -0.2) is 40.4 Å². The second-order valence-electron chi connectivity index (χ2n) is 11.2. The highest BCUT2D eigenvalue weighted by molar-refractivity contribution is 6.31. The van der Waals surface area contributed by atoms with Gasteiger partial charge in [0, 0.05) is 39.4 Å². The molecule has 8 rings (SSSR count). The zero-order valence-corrected chi connectivity index (χ0v) is 22.7. The number of likely N-dealkylation sites (tertiary alicyclic amines) is 1. The van der Waals surface area contributed by atoms with Crippen molar-refractivity contribution in [3.05, 3.63) is 88.1 Å². The molecule has 206 valence electrons. The number of carbonyl (C=O) groups is 3. The largest absolute Gasteiger partial charge is 0.454 e. The molecule has 4 aliphatic heterocycles. The Morgan fingerprint density at radius 1 is 1.02 bits per heavy atom. The molecule has 9 nitrogen and oxygen atoms in total. The number of amides is 3. The van der Waals surface area contributed by atoms with Crippen molar-refractivity contribution in [1.29, 1.82) is 0 Å². The SMILES string of the molecule is Cc1cc(Cl)cc2c1NC(=O)[C@@]21N[C@H](Cc2c[nH]c3ccccc23)[C@H]2C(=O)N(Cc3ccc4c(c3)OCO4)C(=O)[C@@H]21. The Kier molecular flexibility index (Phi) is 5.12. The van der Waals surface area contributed by atoms with Crippen molar-refractivity contribution < 1.29 is 23.9 Å². The molecule has 3 amide bonds. The molecule has 1 aromatic heterocycles. The first kappa shape index (κ1) is 24.5. The number of aromatic amines is 1. The number of rotatable bonds is 4. The van der Waals surface area contributed by atoms with Crippen LogP contribution in [0.25, 0.3) is 10.9 Å². The van der Waals surface area contributed by atoms with Crippen molar-refractivity contribution in [1.82, 2.24) is 15.2 Å². The van der Waals surface area contributed by atoms with Crippen LogP contribution in [0.4, 0.5) is 5.69 Å². The maximum absolute atomic E-state index is 14.3. The number of nitrogens with zero attached hydrogens (tertiary/aromatic N) is 1. The average molecular weight is 569 g/mol. The molecule has 0 bridgehead atoms. The molecule has 3 aromatic carbocycles. The van der Waals surface area contributed by atoms with E-state index in [-0.39, 0.29) is 31.1 Å². The van der Waals surface area contributed by atoms with E-state index in [4.69, 9.17) is 21.1 Å². The van der Waals surface area contributed by atoms with Gasteiger partial charge in [0.25, 0.3) is 0 Å². The Bertz CT molecular complexity index is 1820. The number of benzene rings is 3. The summed E-state index contributed by atoms with van der Waals surface area (Å²) in [5.74, 6) is -1.51. The van der Waals surface area contributed by atoms with Crippen molar-refractivity contribution in [2.24, 2.45) is 11.8 Å². The predicted molar refractivity (Wildman–Crippen MR) is 151 cm³/mol. The van der Waals surface area contributed by atoms with Crippen LogP contribution in [0.1, 0.15) is 22.3 Å². The average Bonchev–Trinajstić information content (AvgIpc) is 3.75. The lowest BCUT2D eigenvalue weighted by Crippen LogP contribution is -2.53. The van der Waals surface area contributed by atoms with E-state index in [1.165, 1.54) is 4.90 Å². The second-order valence-corrected chi connectivity index (χ2v) is 11.6. The molecular formula is C31H25ClN4O5. The molecule has 0 radical (unpaired) electrons. The maximum atomic E-state index is 14.3. The number of halogens is 1. The Morgan fingerprint density at radius 2 is 1.85 bits per heavy atom. The number of hydrogen-bond acceptors (Lipinski definition) is 6. The summed E-state index contributed by atoms with van der Waals surface area (Å²) in [5, 5.41) is 8.02.